The smallest absolute Gasteiger partial charge is 0.255 e. The molecule has 1 aromatic heterocycles. The minimum atomic E-state index is 0.0409. The number of rotatable bonds is 2. The van der Waals surface area contributed by atoms with Crippen LogP contribution in [0.2, 0.25) is 5.02 Å². The highest BCUT2D eigenvalue weighted by Crippen LogP contribution is 2.23. The normalized spacial score (nSPS) is 20.6. The van der Waals surface area contributed by atoms with Crippen molar-refractivity contribution in [1.82, 2.24) is 9.88 Å². The van der Waals surface area contributed by atoms with Gasteiger partial charge in [0.05, 0.1) is 10.6 Å². The topological polar surface area (TPSA) is 33.2 Å². The van der Waals surface area contributed by atoms with E-state index >= 15 is 0 Å². The Hall–Kier alpha value is -1.09. The molecule has 2 heterocycles. The number of hydrogen-bond donors (Lipinski definition) is 0. The van der Waals surface area contributed by atoms with Crippen LogP contribution in [0.1, 0.15) is 43.0 Å². The lowest BCUT2D eigenvalue weighted by Crippen LogP contribution is -2.32. The molecule has 0 saturated carbocycles. The molecular weight excluding hydrogens is 248 g/mol. The molecular formula is C14H19ClN2O. The number of carbonyl (C=O) groups is 1. The molecule has 1 saturated heterocycles. The third-order valence-corrected chi connectivity index (χ3v) is 4.02. The lowest BCUT2D eigenvalue weighted by atomic mass is 9.98. The van der Waals surface area contributed by atoms with Crippen LogP contribution in [0.25, 0.3) is 0 Å². The zero-order valence-electron chi connectivity index (χ0n) is 10.7. The monoisotopic (exact) mass is 266 g/mol. The first-order valence-electron chi connectivity index (χ1n) is 6.61. The van der Waals surface area contributed by atoms with Gasteiger partial charge in [0.25, 0.3) is 5.91 Å². The standard InChI is InChI=1S/C14H19ClN2O/c1-2-11-4-3-8-17(9-6-11)14(18)12-5-7-16-10-13(12)15/h5,7,10-11H,2-4,6,8-9H2,1H3. The van der Waals surface area contributed by atoms with Crippen LogP contribution in [-0.2, 0) is 0 Å². The number of nitrogens with zero attached hydrogens (tertiary/aromatic N) is 2. The molecule has 0 N–H and O–H groups in total. The van der Waals surface area contributed by atoms with Gasteiger partial charge in [0.15, 0.2) is 0 Å². The summed E-state index contributed by atoms with van der Waals surface area (Å²) in [4.78, 5) is 18.2. The number of likely N-dealkylation sites (tertiary alicyclic amines) is 1. The molecule has 1 atom stereocenters. The summed E-state index contributed by atoms with van der Waals surface area (Å²) in [7, 11) is 0. The van der Waals surface area contributed by atoms with E-state index in [-0.39, 0.29) is 5.91 Å². The first-order valence-corrected chi connectivity index (χ1v) is 6.99. The summed E-state index contributed by atoms with van der Waals surface area (Å²) >= 11 is 6.03. The van der Waals surface area contributed by atoms with Gasteiger partial charge < -0.3 is 4.90 Å². The van der Waals surface area contributed by atoms with Crippen molar-refractivity contribution in [3.05, 3.63) is 29.0 Å². The summed E-state index contributed by atoms with van der Waals surface area (Å²) < 4.78 is 0. The van der Waals surface area contributed by atoms with Gasteiger partial charge in [-0.15, -0.1) is 0 Å². The van der Waals surface area contributed by atoms with E-state index in [2.05, 4.69) is 11.9 Å². The van der Waals surface area contributed by atoms with E-state index in [9.17, 15) is 4.79 Å². The van der Waals surface area contributed by atoms with E-state index < -0.39 is 0 Å². The van der Waals surface area contributed by atoms with Gasteiger partial charge in [-0.05, 0) is 31.2 Å². The molecule has 4 heteroatoms. The minimum Gasteiger partial charge on any atom is -0.339 e. The number of hydrogen-bond acceptors (Lipinski definition) is 2. The summed E-state index contributed by atoms with van der Waals surface area (Å²) in [5, 5.41) is 0.443. The van der Waals surface area contributed by atoms with Crippen LogP contribution >= 0.6 is 11.6 Å². The van der Waals surface area contributed by atoms with Crippen LogP contribution in [0.5, 0.6) is 0 Å². The van der Waals surface area contributed by atoms with E-state index in [1.807, 2.05) is 4.90 Å². The predicted octanol–water partition coefficient (Wildman–Crippen LogP) is 3.39. The Morgan fingerprint density at radius 1 is 1.50 bits per heavy atom. The Bertz CT molecular complexity index is 422. The second-order valence-electron chi connectivity index (χ2n) is 4.85. The zero-order valence-corrected chi connectivity index (χ0v) is 11.5. The second kappa shape index (κ2) is 6.19. The minimum absolute atomic E-state index is 0.0409. The van der Waals surface area contributed by atoms with Gasteiger partial charge in [-0.3, -0.25) is 9.78 Å². The van der Waals surface area contributed by atoms with Crippen molar-refractivity contribution in [2.75, 3.05) is 13.1 Å². The third-order valence-electron chi connectivity index (χ3n) is 3.72. The Balaban J connectivity index is 2.08. The number of carbonyl (C=O) groups excluding carboxylic acids is 1. The van der Waals surface area contributed by atoms with Crippen molar-refractivity contribution in [3.63, 3.8) is 0 Å². The van der Waals surface area contributed by atoms with Crippen LogP contribution in [0.3, 0.4) is 0 Å². The molecule has 1 amide bonds. The first-order chi connectivity index (χ1) is 8.72. The van der Waals surface area contributed by atoms with Crippen molar-refractivity contribution >= 4 is 17.5 Å². The molecule has 0 bridgehead atoms. The maximum Gasteiger partial charge on any atom is 0.255 e. The molecule has 1 aromatic rings. The van der Waals surface area contributed by atoms with E-state index in [0.29, 0.717) is 10.6 Å². The van der Waals surface area contributed by atoms with Crippen LogP contribution < -0.4 is 0 Å². The van der Waals surface area contributed by atoms with E-state index in [1.54, 1.807) is 12.3 Å². The van der Waals surface area contributed by atoms with E-state index in [0.717, 1.165) is 31.8 Å². The molecule has 0 aromatic carbocycles. The van der Waals surface area contributed by atoms with Crippen LogP contribution in [0.4, 0.5) is 0 Å². The van der Waals surface area contributed by atoms with Crippen molar-refractivity contribution in [2.45, 2.75) is 32.6 Å². The first kappa shape index (κ1) is 13.3. The van der Waals surface area contributed by atoms with E-state index in [1.165, 1.54) is 19.0 Å². The van der Waals surface area contributed by atoms with Crippen LogP contribution in [0, 0.1) is 5.92 Å². The largest absolute Gasteiger partial charge is 0.339 e. The molecule has 1 unspecified atom stereocenters. The SMILES string of the molecule is CCC1CCCN(C(=O)c2ccncc2Cl)CC1. The summed E-state index contributed by atoms with van der Waals surface area (Å²) in [6, 6.07) is 1.70. The highest BCUT2D eigenvalue weighted by molar-refractivity contribution is 6.33. The van der Waals surface area contributed by atoms with Gasteiger partial charge in [0.1, 0.15) is 0 Å². The number of halogens is 1. The highest BCUT2D eigenvalue weighted by atomic mass is 35.5. The summed E-state index contributed by atoms with van der Waals surface area (Å²) in [6.07, 6.45) is 7.77. The van der Waals surface area contributed by atoms with Gasteiger partial charge in [-0.2, -0.15) is 0 Å². The summed E-state index contributed by atoms with van der Waals surface area (Å²) in [5.41, 5.74) is 0.571. The fourth-order valence-electron chi connectivity index (χ4n) is 2.50. The molecule has 3 nitrogen and oxygen atoms in total. The molecule has 18 heavy (non-hydrogen) atoms. The number of aromatic nitrogens is 1. The summed E-state index contributed by atoms with van der Waals surface area (Å²) in [6.45, 7) is 3.91. The van der Waals surface area contributed by atoms with Gasteiger partial charge in [0.2, 0.25) is 0 Å². The maximum absolute atomic E-state index is 12.4. The Morgan fingerprint density at radius 2 is 2.33 bits per heavy atom. The lowest BCUT2D eigenvalue weighted by Gasteiger charge is -2.21. The fourth-order valence-corrected chi connectivity index (χ4v) is 2.70. The van der Waals surface area contributed by atoms with Crippen molar-refractivity contribution < 1.29 is 4.79 Å². The second-order valence-corrected chi connectivity index (χ2v) is 5.26. The van der Waals surface area contributed by atoms with Gasteiger partial charge >= 0.3 is 0 Å². The van der Waals surface area contributed by atoms with Gasteiger partial charge in [0, 0.05) is 25.5 Å². The molecule has 2 rings (SSSR count). The zero-order chi connectivity index (χ0) is 13.0. The fraction of sp³-hybridized carbons (Fsp3) is 0.571. The Labute approximate surface area is 113 Å². The van der Waals surface area contributed by atoms with Gasteiger partial charge in [-0.25, -0.2) is 0 Å². The molecule has 1 fully saturated rings. The van der Waals surface area contributed by atoms with Crippen molar-refractivity contribution in [2.24, 2.45) is 5.92 Å². The van der Waals surface area contributed by atoms with Crippen LogP contribution in [0.15, 0.2) is 18.5 Å². The molecule has 0 radical (unpaired) electrons. The lowest BCUT2D eigenvalue weighted by molar-refractivity contribution is 0.0760. The Morgan fingerprint density at radius 3 is 3.06 bits per heavy atom. The highest BCUT2D eigenvalue weighted by Gasteiger charge is 2.22. The van der Waals surface area contributed by atoms with Gasteiger partial charge in [-0.1, -0.05) is 24.9 Å². The van der Waals surface area contributed by atoms with Crippen molar-refractivity contribution in [3.8, 4) is 0 Å². The molecule has 0 spiro atoms. The third kappa shape index (κ3) is 3.02. The maximum atomic E-state index is 12.4. The molecule has 98 valence electrons. The Kier molecular flexibility index (Phi) is 4.59. The molecule has 0 aliphatic carbocycles. The molecule has 1 aliphatic heterocycles. The van der Waals surface area contributed by atoms with Crippen molar-refractivity contribution in [1.29, 1.82) is 0 Å². The number of amides is 1. The van der Waals surface area contributed by atoms with E-state index in [4.69, 9.17) is 11.6 Å². The number of pyridine rings is 1. The average molecular weight is 267 g/mol. The van der Waals surface area contributed by atoms with Crippen LogP contribution in [-0.4, -0.2) is 28.9 Å². The summed E-state index contributed by atoms with van der Waals surface area (Å²) in [5.74, 6) is 0.801. The quantitative estimate of drug-likeness (QED) is 0.822. The average Bonchev–Trinajstić information content (AvgIpc) is 2.63. The molecule has 1 aliphatic rings. The predicted molar refractivity (Wildman–Crippen MR) is 72.8 cm³/mol.